The van der Waals surface area contributed by atoms with E-state index in [-0.39, 0.29) is 18.2 Å². The lowest BCUT2D eigenvalue weighted by atomic mass is 9.84. The molecular formula is C28H25BrCl2N4O3. The van der Waals surface area contributed by atoms with E-state index in [1.165, 1.54) is 4.90 Å². The Morgan fingerprint density at radius 3 is 2.63 bits per heavy atom. The Kier molecular flexibility index (Phi) is 7.40. The van der Waals surface area contributed by atoms with Gasteiger partial charge in [-0.25, -0.2) is 0 Å². The lowest BCUT2D eigenvalue weighted by Crippen LogP contribution is -2.51. The van der Waals surface area contributed by atoms with Crippen LogP contribution in [0.4, 0.5) is 11.4 Å². The molecule has 1 fully saturated rings. The fourth-order valence-electron chi connectivity index (χ4n) is 5.30. The summed E-state index contributed by atoms with van der Waals surface area (Å²) >= 11 is 16.0. The van der Waals surface area contributed by atoms with Gasteiger partial charge >= 0.3 is 0 Å². The molecule has 1 unspecified atom stereocenters. The van der Waals surface area contributed by atoms with Crippen LogP contribution in [0, 0.1) is 0 Å². The number of amides is 3. The van der Waals surface area contributed by atoms with Gasteiger partial charge in [0.15, 0.2) is 0 Å². The van der Waals surface area contributed by atoms with Crippen molar-refractivity contribution in [2.24, 2.45) is 5.73 Å². The molecule has 3 aromatic rings. The SMILES string of the molecule is NC(=O)C1CCCCN1C(=O)c1ccc(Br)cc1N[C@]1(Cc2cccc(Cl)c2)C(=O)Nc2cc(Cl)ccc21. The topological polar surface area (TPSA) is 105 Å². The normalized spacial score (nSPS) is 20.6. The van der Waals surface area contributed by atoms with Crippen molar-refractivity contribution in [1.29, 1.82) is 0 Å². The van der Waals surface area contributed by atoms with E-state index in [0.717, 1.165) is 18.4 Å². The predicted octanol–water partition coefficient (Wildman–Crippen LogP) is 5.74. The second-order valence-electron chi connectivity index (χ2n) is 9.58. The number of rotatable bonds is 6. The van der Waals surface area contributed by atoms with Gasteiger partial charge in [-0.15, -0.1) is 0 Å². The van der Waals surface area contributed by atoms with E-state index in [4.69, 9.17) is 28.9 Å². The molecule has 0 spiro atoms. The fourth-order valence-corrected chi connectivity index (χ4v) is 6.05. The van der Waals surface area contributed by atoms with E-state index in [9.17, 15) is 14.4 Å². The molecule has 38 heavy (non-hydrogen) atoms. The smallest absolute Gasteiger partial charge is 0.256 e. The molecule has 2 aliphatic rings. The van der Waals surface area contributed by atoms with Gasteiger partial charge < -0.3 is 21.3 Å². The predicted molar refractivity (Wildman–Crippen MR) is 153 cm³/mol. The first-order valence-corrected chi connectivity index (χ1v) is 13.8. The molecule has 0 aliphatic carbocycles. The maximum Gasteiger partial charge on any atom is 0.256 e. The first-order valence-electron chi connectivity index (χ1n) is 12.2. The summed E-state index contributed by atoms with van der Waals surface area (Å²) in [6.45, 7) is 0.428. The molecule has 4 N–H and O–H groups in total. The number of nitrogens with zero attached hydrogens (tertiary/aromatic N) is 1. The van der Waals surface area contributed by atoms with Crippen molar-refractivity contribution in [1.82, 2.24) is 4.90 Å². The van der Waals surface area contributed by atoms with Gasteiger partial charge in [-0.05, 0) is 67.3 Å². The molecule has 0 aromatic heterocycles. The highest BCUT2D eigenvalue weighted by Gasteiger charge is 2.48. The molecule has 196 valence electrons. The summed E-state index contributed by atoms with van der Waals surface area (Å²) in [6.07, 6.45) is 2.38. The number of fused-ring (bicyclic) bond motifs is 1. The van der Waals surface area contributed by atoms with Crippen molar-refractivity contribution in [3.05, 3.63) is 91.9 Å². The lowest BCUT2D eigenvalue weighted by molar-refractivity contribution is -0.123. The van der Waals surface area contributed by atoms with Crippen LogP contribution in [0.15, 0.2) is 65.1 Å². The zero-order chi connectivity index (χ0) is 27.0. The molecule has 1 saturated heterocycles. The van der Waals surface area contributed by atoms with Crippen LogP contribution in [0.25, 0.3) is 0 Å². The number of nitrogens with two attached hydrogens (primary N) is 1. The van der Waals surface area contributed by atoms with Crippen LogP contribution in [0.3, 0.4) is 0 Å². The first-order chi connectivity index (χ1) is 18.2. The first kappa shape index (κ1) is 26.5. The van der Waals surface area contributed by atoms with Crippen LogP contribution in [-0.4, -0.2) is 35.2 Å². The molecule has 2 aliphatic heterocycles. The van der Waals surface area contributed by atoms with Crippen LogP contribution in [0.2, 0.25) is 10.0 Å². The summed E-state index contributed by atoms with van der Waals surface area (Å²) < 4.78 is 0.717. The van der Waals surface area contributed by atoms with Gasteiger partial charge in [0.25, 0.3) is 11.8 Å². The maximum atomic E-state index is 13.8. The molecule has 3 aromatic carbocycles. The Morgan fingerprint density at radius 2 is 1.87 bits per heavy atom. The number of carbonyl (C=O) groups is 3. The quantitative estimate of drug-likeness (QED) is 0.329. The Labute approximate surface area is 238 Å². The number of benzene rings is 3. The monoisotopic (exact) mass is 614 g/mol. The Bertz CT molecular complexity index is 1450. The van der Waals surface area contributed by atoms with E-state index < -0.39 is 17.5 Å². The minimum atomic E-state index is -1.27. The van der Waals surface area contributed by atoms with Crippen LogP contribution < -0.4 is 16.4 Å². The largest absolute Gasteiger partial charge is 0.368 e. The number of hydrogen-bond acceptors (Lipinski definition) is 4. The number of likely N-dealkylation sites (tertiary alicyclic amines) is 1. The summed E-state index contributed by atoms with van der Waals surface area (Å²) in [7, 11) is 0. The fraction of sp³-hybridized carbons (Fsp3) is 0.250. The van der Waals surface area contributed by atoms with Crippen molar-refractivity contribution in [3.8, 4) is 0 Å². The summed E-state index contributed by atoms with van der Waals surface area (Å²) in [5, 5.41) is 7.41. The van der Waals surface area contributed by atoms with Crippen molar-refractivity contribution >= 4 is 68.2 Å². The van der Waals surface area contributed by atoms with Crippen molar-refractivity contribution in [2.75, 3.05) is 17.2 Å². The van der Waals surface area contributed by atoms with Gasteiger partial charge in [0.05, 0.1) is 5.56 Å². The average molecular weight is 616 g/mol. The van der Waals surface area contributed by atoms with Crippen molar-refractivity contribution < 1.29 is 14.4 Å². The van der Waals surface area contributed by atoms with Crippen LogP contribution in [-0.2, 0) is 21.5 Å². The molecule has 0 radical (unpaired) electrons. The van der Waals surface area contributed by atoms with E-state index in [1.807, 2.05) is 18.2 Å². The van der Waals surface area contributed by atoms with E-state index in [0.29, 0.717) is 50.0 Å². The Morgan fingerprint density at radius 1 is 1.08 bits per heavy atom. The molecule has 3 amide bonds. The summed E-state index contributed by atoms with van der Waals surface area (Å²) in [5.41, 5.74) is 7.26. The van der Waals surface area contributed by atoms with Gasteiger partial charge in [0, 0.05) is 44.4 Å². The number of carbonyl (C=O) groups excluding carboxylic acids is 3. The molecule has 0 bridgehead atoms. The molecule has 7 nitrogen and oxygen atoms in total. The molecular weight excluding hydrogens is 591 g/mol. The molecule has 0 saturated carbocycles. The number of halogens is 3. The minimum Gasteiger partial charge on any atom is -0.368 e. The third-order valence-corrected chi connectivity index (χ3v) is 8.05. The number of hydrogen-bond donors (Lipinski definition) is 3. The van der Waals surface area contributed by atoms with Crippen LogP contribution in [0.1, 0.15) is 40.7 Å². The van der Waals surface area contributed by atoms with Gasteiger partial charge in [0.1, 0.15) is 11.6 Å². The van der Waals surface area contributed by atoms with E-state index in [1.54, 1.807) is 42.5 Å². The maximum absolute atomic E-state index is 13.8. The third-order valence-electron chi connectivity index (χ3n) is 7.09. The second-order valence-corrected chi connectivity index (χ2v) is 11.4. The van der Waals surface area contributed by atoms with Gasteiger partial charge in [-0.2, -0.15) is 0 Å². The second kappa shape index (κ2) is 10.6. The van der Waals surface area contributed by atoms with Gasteiger partial charge in [-0.1, -0.05) is 57.3 Å². The van der Waals surface area contributed by atoms with E-state index in [2.05, 4.69) is 26.6 Å². The minimum absolute atomic E-state index is 0.252. The molecule has 10 heteroatoms. The zero-order valence-electron chi connectivity index (χ0n) is 20.3. The highest BCUT2D eigenvalue weighted by molar-refractivity contribution is 9.10. The number of piperidine rings is 1. The summed E-state index contributed by atoms with van der Waals surface area (Å²) in [5.74, 6) is -1.14. The van der Waals surface area contributed by atoms with Crippen LogP contribution in [0.5, 0.6) is 0 Å². The Balaban J connectivity index is 1.61. The van der Waals surface area contributed by atoms with Crippen LogP contribution >= 0.6 is 39.1 Å². The van der Waals surface area contributed by atoms with Gasteiger partial charge in [0.2, 0.25) is 5.91 Å². The zero-order valence-corrected chi connectivity index (χ0v) is 23.4. The highest BCUT2D eigenvalue weighted by atomic mass is 79.9. The van der Waals surface area contributed by atoms with E-state index >= 15 is 0 Å². The van der Waals surface area contributed by atoms with Crippen molar-refractivity contribution in [3.63, 3.8) is 0 Å². The number of primary amides is 1. The molecule has 2 atom stereocenters. The Hall–Kier alpha value is -3.07. The van der Waals surface area contributed by atoms with Gasteiger partial charge in [-0.3, -0.25) is 14.4 Å². The summed E-state index contributed by atoms with van der Waals surface area (Å²) in [4.78, 5) is 41.2. The third kappa shape index (κ3) is 5.00. The average Bonchev–Trinajstić information content (AvgIpc) is 3.13. The number of anilines is 2. The molecule has 2 heterocycles. The summed E-state index contributed by atoms with van der Waals surface area (Å²) in [6, 6.07) is 17.1. The van der Waals surface area contributed by atoms with Crippen molar-refractivity contribution in [2.45, 2.75) is 37.3 Å². The lowest BCUT2D eigenvalue weighted by Gasteiger charge is -2.35. The standard InChI is InChI=1S/C28H25BrCl2N4O3/c29-17-7-9-20(26(37)35-11-2-1-6-24(35)25(32)36)22(13-17)34-28(15-16-4-3-5-18(30)12-16)21-10-8-19(31)14-23(21)33-27(28)38/h3-5,7-10,12-14,24,34H,1-2,6,11,15H2,(H2,32,36)(H,33,38)/t24?,28-/m0/s1. The molecule has 5 rings (SSSR count). The highest BCUT2D eigenvalue weighted by Crippen LogP contribution is 2.43. The number of nitrogens with one attached hydrogen (secondary N) is 2.